The summed E-state index contributed by atoms with van der Waals surface area (Å²) in [5, 5.41) is 9.58. The van der Waals surface area contributed by atoms with E-state index in [2.05, 4.69) is 15.5 Å². The minimum Gasteiger partial charge on any atom is -0.467 e. The molecule has 0 spiro atoms. The summed E-state index contributed by atoms with van der Waals surface area (Å²) in [5.41, 5.74) is -0.305. The first kappa shape index (κ1) is 16.7. The first-order valence-corrected chi connectivity index (χ1v) is 7.35. The molecule has 1 amide bonds. The van der Waals surface area contributed by atoms with Crippen molar-refractivity contribution in [2.75, 3.05) is 7.11 Å². The topological polar surface area (TPSA) is 101 Å². The molecule has 2 N–H and O–H groups in total. The Morgan fingerprint density at radius 2 is 1.96 bits per heavy atom. The van der Waals surface area contributed by atoms with Gasteiger partial charge in [-0.1, -0.05) is 38.5 Å². The van der Waals surface area contributed by atoms with Crippen LogP contribution in [0, 0.1) is 5.92 Å². The molecule has 0 saturated heterocycles. The molecule has 0 bridgehead atoms. The lowest BCUT2D eigenvalue weighted by Crippen LogP contribution is -2.46. The van der Waals surface area contributed by atoms with Crippen LogP contribution >= 0.6 is 0 Å². The van der Waals surface area contributed by atoms with Crippen molar-refractivity contribution >= 4 is 22.6 Å². The molecule has 2 atom stereocenters. The van der Waals surface area contributed by atoms with Crippen molar-refractivity contribution in [1.29, 1.82) is 0 Å². The molecule has 7 heteroatoms. The van der Waals surface area contributed by atoms with E-state index in [-0.39, 0.29) is 17.2 Å². The summed E-state index contributed by atoms with van der Waals surface area (Å²) in [4.78, 5) is 36.2. The Labute approximate surface area is 133 Å². The predicted octanol–water partition coefficient (Wildman–Crippen LogP) is 1.24. The maximum Gasteiger partial charge on any atom is 0.328 e. The van der Waals surface area contributed by atoms with Gasteiger partial charge in [-0.3, -0.25) is 9.59 Å². The summed E-state index contributed by atoms with van der Waals surface area (Å²) in [6.07, 6.45) is 0.694. The van der Waals surface area contributed by atoms with Crippen LogP contribution in [0.4, 0.5) is 0 Å². The third-order valence-electron chi connectivity index (χ3n) is 3.87. The lowest BCUT2D eigenvalue weighted by molar-refractivity contribution is -0.144. The van der Waals surface area contributed by atoms with Crippen LogP contribution in [-0.2, 0) is 9.53 Å². The molecule has 7 nitrogen and oxygen atoms in total. The Kier molecular flexibility index (Phi) is 5.10. The zero-order valence-electron chi connectivity index (χ0n) is 13.3. The average Bonchev–Trinajstić information content (AvgIpc) is 2.58. The average molecular weight is 317 g/mol. The van der Waals surface area contributed by atoms with E-state index in [1.54, 1.807) is 24.3 Å². The minimum atomic E-state index is -0.773. The Balaban J connectivity index is 2.39. The number of H-pyrrole nitrogens is 1. The molecule has 2 aromatic rings. The van der Waals surface area contributed by atoms with E-state index >= 15 is 0 Å². The minimum absolute atomic E-state index is 0.0670. The molecule has 0 aliphatic carbocycles. The number of methoxy groups -OCH3 is 1. The van der Waals surface area contributed by atoms with Crippen molar-refractivity contribution in [3.8, 4) is 0 Å². The fourth-order valence-corrected chi connectivity index (χ4v) is 2.29. The number of esters is 1. The highest BCUT2D eigenvalue weighted by atomic mass is 16.5. The third-order valence-corrected chi connectivity index (χ3v) is 3.87. The maximum absolute atomic E-state index is 12.5. The number of carbonyl (C=O) groups excluding carboxylic acids is 2. The molecular formula is C16H19N3O4. The number of amides is 1. The highest BCUT2D eigenvalue weighted by Gasteiger charge is 2.28. The lowest BCUT2D eigenvalue weighted by atomic mass is 9.99. The molecule has 2 unspecified atom stereocenters. The van der Waals surface area contributed by atoms with Crippen LogP contribution in [0.2, 0.25) is 0 Å². The summed E-state index contributed by atoms with van der Waals surface area (Å²) in [5.74, 6) is -1.14. The number of benzene rings is 1. The molecular weight excluding hydrogens is 298 g/mol. The SMILES string of the molecule is CCC(C)C(NC(=O)c1n[nH]c(=O)c2ccccc12)C(=O)OC. The van der Waals surface area contributed by atoms with Gasteiger partial charge in [0.15, 0.2) is 5.69 Å². The molecule has 23 heavy (non-hydrogen) atoms. The van der Waals surface area contributed by atoms with Gasteiger partial charge in [0.05, 0.1) is 12.5 Å². The van der Waals surface area contributed by atoms with E-state index in [0.717, 1.165) is 0 Å². The first-order valence-electron chi connectivity index (χ1n) is 7.35. The molecule has 0 saturated carbocycles. The van der Waals surface area contributed by atoms with Gasteiger partial charge in [-0.25, -0.2) is 9.89 Å². The fourth-order valence-electron chi connectivity index (χ4n) is 2.29. The highest BCUT2D eigenvalue weighted by Crippen LogP contribution is 2.14. The molecule has 122 valence electrons. The number of hydrogen-bond donors (Lipinski definition) is 2. The zero-order valence-corrected chi connectivity index (χ0v) is 13.3. The van der Waals surface area contributed by atoms with Gasteiger partial charge in [0.2, 0.25) is 0 Å². The van der Waals surface area contributed by atoms with Crippen LogP contribution in [0.15, 0.2) is 29.1 Å². The van der Waals surface area contributed by atoms with Crippen molar-refractivity contribution in [3.63, 3.8) is 0 Å². The number of nitrogens with zero attached hydrogens (tertiary/aromatic N) is 1. The highest BCUT2D eigenvalue weighted by molar-refractivity contribution is 6.05. The van der Waals surface area contributed by atoms with Crippen LogP contribution in [-0.4, -0.2) is 35.2 Å². The molecule has 0 aliphatic rings. The molecule has 0 fully saturated rings. The van der Waals surface area contributed by atoms with Gasteiger partial charge in [0.1, 0.15) is 6.04 Å². The Hall–Kier alpha value is -2.70. The lowest BCUT2D eigenvalue weighted by Gasteiger charge is -2.21. The second-order valence-corrected chi connectivity index (χ2v) is 5.31. The Morgan fingerprint density at radius 1 is 1.30 bits per heavy atom. The van der Waals surface area contributed by atoms with Crippen molar-refractivity contribution in [2.24, 2.45) is 5.92 Å². The van der Waals surface area contributed by atoms with Crippen LogP contribution in [0.5, 0.6) is 0 Å². The molecule has 1 aromatic heterocycles. The summed E-state index contributed by atoms with van der Waals surface area (Å²) >= 11 is 0. The van der Waals surface area contributed by atoms with Gasteiger partial charge in [-0.2, -0.15) is 5.10 Å². The van der Waals surface area contributed by atoms with E-state index in [4.69, 9.17) is 4.74 Å². The molecule has 2 rings (SSSR count). The smallest absolute Gasteiger partial charge is 0.328 e. The Morgan fingerprint density at radius 3 is 2.57 bits per heavy atom. The predicted molar refractivity (Wildman–Crippen MR) is 85.1 cm³/mol. The number of rotatable bonds is 5. The number of fused-ring (bicyclic) bond motifs is 1. The molecule has 0 aliphatic heterocycles. The number of aromatic amines is 1. The normalized spacial score (nSPS) is 13.3. The summed E-state index contributed by atoms with van der Waals surface area (Å²) in [6.45, 7) is 3.76. The van der Waals surface area contributed by atoms with Crippen molar-refractivity contribution in [2.45, 2.75) is 26.3 Å². The number of carbonyl (C=O) groups is 2. The molecule has 1 heterocycles. The van der Waals surface area contributed by atoms with Crippen molar-refractivity contribution < 1.29 is 14.3 Å². The zero-order chi connectivity index (χ0) is 17.0. The number of hydrogen-bond acceptors (Lipinski definition) is 5. The van der Waals surface area contributed by atoms with E-state index in [1.165, 1.54) is 7.11 Å². The molecule has 1 aromatic carbocycles. The van der Waals surface area contributed by atoms with E-state index in [1.807, 2.05) is 13.8 Å². The van der Waals surface area contributed by atoms with Crippen LogP contribution in [0.1, 0.15) is 30.8 Å². The van der Waals surface area contributed by atoms with Crippen molar-refractivity contribution in [1.82, 2.24) is 15.5 Å². The second-order valence-electron chi connectivity index (χ2n) is 5.31. The molecule has 0 radical (unpaired) electrons. The summed E-state index contributed by atoms with van der Waals surface area (Å²) in [6, 6.07) is 5.90. The van der Waals surface area contributed by atoms with Gasteiger partial charge in [0, 0.05) is 5.39 Å². The van der Waals surface area contributed by atoms with Crippen molar-refractivity contribution in [3.05, 3.63) is 40.3 Å². The van der Waals surface area contributed by atoms with Gasteiger partial charge in [0.25, 0.3) is 11.5 Å². The number of aromatic nitrogens is 2. The maximum atomic E-state index is 12.5. The van der Waals surface area contributed by atoms with E-state index in [9.17, 15) is 14.4 Å². The second kappa shape index (κ2) is 7.04. The third kappa shape index (κ3) is 3.39. The van der Waals surface area contributed by atoms with Gasteiger partial charge < -0.3 is 10.1 Å². The van der Waals surface area contributed by atoms with E-state index < -0.39 is 17.9 Å². The van der Waals surface area contributed by atoms with Crippen LogP contribution in [0.25, 0.3) is 10.8 Å². The first-order chi connectivity index (χ1) is 11.0. The van der Waals surface area contributed by atoms with Gasteiger partial charge >= 0.3 is 5.97 Å². The summed E-state index contributed by atoms with van der Waals surface area (Å²) < 4.78 is 4.75. The Bertz CT molecular complexity index is 784. The monoisotopic (exact) mass is 317 g/mol. The fraction of sp³-hybridized carbons (Fsp3) is 0.375. The van der Waals surface area contributed by atoms with E-state index in [0.29, 0.717) is 17.2 Å². The van der Waals surface area contributed by atoms with Crippen LogP contribution in [0.3, 0.4) is 0 Å². The van der Waals surface area contributed by atoms with Gasteiger partial charge in [-0.05, 0) is 12.0 Å². The quantitative estimate of drug-likeness (QED) is 0.808. The largest absolute Gasteiger partial charge is 0.467 e. The number of nitrogens with one attached hydrogen (secondary N) is 2. The standard InChI is InChI=1S/C16H19N3O4/c1-4-9(2)12(16(22)23-3)17-15(21)13-10-7-5-6-8-11(10)14(20)19-18-13/h5-9,12H,4H2,1-3H3,(H,17,21)(H,19,20). The van der Waals surface area contributed by atoms with Gasteiger partial charge in [-0.15, -0.1) is 0 Å². The van der Waals surface area contributed by atoms with Crippen LogP contribution < -0.4 is 10.9 Å². The number of ether oxygens (including phenoxy) is 1. The summed E-state index contributed by atoms with van der Waals surface area (Å²) in [7, 11) is 1.28.